The van der Waals surface area contributed by atoms with Gasteiger partial charge in [0.05, 0.1) is 28.6 Å². The fraction of sp³-hybridized carbons (Fsp3) is 0.100. The Labute approximate surface area is 158 Å². The molecule has 0 spiro atoms. The highest BCUT2D eigenvalue weighted by Gasteiger charge is 2.21. The summed E-state index contributed by atoms with van der Waals surface area (Å²) in [5.74, 6) is -0.743. The summed E-state index contributed by atoms with van der Waals surface area (Å²) in [5, 5.41) is 11.8. The molecule has 4 aromatic rings. The smallest absolute Gasteiger partial charge is 0.343 e. The molecule has 2 heterocycles. The van der Waals surface area contributed by atoms with Crippen LogP contribution >= 0.6 is 0 Å². The molecule has 0 aliphatic rings. The number of nitro benzene ring substituents is 1. The number of benzene rings is 2. The molecule has 0 amide bonds. The molecule has 0 aliphatic carbocycles. The third kappa shape index (κ3) is 2.46. The van der Waals surface area contributed by atoms with E-state index >= 15 is 0 Å². The highest BCUT2D eigenvalue weighted by molar-refractivity contribution is 6.08. The number of carbonyl (C=O) groups excluding carboxylic acids is 1. The summed E-state index contributed by atoms with van der Waals surface area (Å²) in [6.07, 6.45) is 0. The maximum atomic E-state index is 13.2. The summed E-state index contributed by atoms with van der Waals surface area (Å²) < 4.78 is 8.05. The van der Waals surface area contributed by atoms with Crippen molar-refractivity contribution >= 4 is 33.6 Å². The lowest BCUT2D eigenvalue weighted by molar-refractivity contribution is -0.384. The molecule has 0 saturated carbocycles. The maximum absolute atomic E-state index is 13.2. The Hall–Kier alpha value is -3.94. The van der Waals surface area contributed by atoms with Crippen LogP contribution in [0, 0.1) is 10.1 Å². The monoisotopic (exact) mass is 377 g/mol. The van der Waals surface area contributed by atoms with Crippen LogP contribution in [0.5, 0.6) is 0 Å². The predicted octanol–water partition coefficient (Wildman–Crippen LogP) is 3.18. The number of carbonyl (C=O) groups is 1. The summed E-state index contributed by atoms with van der Waals surface area (Å²) in [4.78, 5) is 35.8. The Balaban J connectivity index is 2.17. The third-order valence-electron chi connectivity index (χ3n) is 4.79. The molecule has 4 rings (SSSR count). The number of esters is 1. The molecular formula is C20H15N3O5. The van der Waals surface area contributed by atoms with E-state index in [-0.39, 0.29) is 11.3 Å². The first-order valence-electron chi connectivity index (χ1n) is 8.40. The summed E-state index contributed by atoms with van der Waals surface area (Å²) in [6, 6.07) is 14.7. The molecular weight excluding hydrogens is 362 g/mol. The fourth-order valence-electron chi connectivity index (χ4n) is 3.44. The first-order valence-corrected chi connectivity index (χ1v) is 8.40. The van der Waals surface area contributed by atoms with Gasteiger partial charge in [-0.15, -0.1) is 0 Å². The van der Waals surface area contributed by atoms with Crippen LogP contribution in [0.4, 0.5) is 5.69 Å². The molecule has 0 saturated heterocycles. The van der Waals surface area contributed by atoms with Crippen LogP contribution in [-0.4, -0.2) is 27.1 Å². The summed E-state index contributed by atoms with van der Waals surface area (Å²) >= 11 is 0. The molecule has 0 radical (unpaired) electrons. The second kappa shape index (κ2) is 6.34. The van der Waals surface area contributed by atoms with Gasteiger partial charge in [-0.05, 0) is 24.3 Å². The SMILES string of the molecule is COC(=O)c1cc2c(c3ccccc3n2C)n(-c2ccc([N+](=O)[O-])cc2)c1=O. The summed E-state index contributed by atoms with van der Waals surface area (Å²) in [6.45, 7) is 0. The van der Waals surface area contributed by atoms with Gasteiger partial charge in [0.1, 0.15) is 5.56 Å². The van der Waals surface area contributed by atoms with Crippen LogP contribution < -0.4 is 5.56 Å². The van der Waals surface area contributed by atoms with Crippen LogP contribution in [0.25, 0.3) is 27.6 Å². The molecule has 2 aromatic carbocycles. The number of hydrogen-bond donors (Lipinski definition) is 0. The topological polar surface area (TPSA) is 96.4 Å². The van der Waals surface area contributed by atoms with Crippen LogP contribution in [-0.2, 0) is 11.8 Å². The number of non-ortho nitro benzene ring substituents is 1. The van der Waals surface area contributed by atoms with Crippen LogP contribution in [0.15, 0.2) is 59.4 Å². The molecule has 28 heavy (non-hydrogen) atoms. The average Bonchev–Trinajstić information content (AvgIpc) is 2.99. The van der Waals surface area contributed by atoms with Crippen molar-refractivity contribution < 1.29 is 14.5 Å². The van der Waals surface area contributed by atoms with Crippen LogP contribution in [0.3, 0.4) is 0 Å². The van der Waals surface area contributed by atoms with Gasteiger partial charge in [-0.1, -0.05) is 18.2 Å². The molecule has 140 valence electrons. The number of nitrogens with zero attached hydrogens (tertiary/aromatic N) is 3. The number of fused-ring (bicyclic) bond motifs is 3. The molecule has 0 fully saturated rings. The Bertz CT molecular complexity index is 1320. The largest absolute Gasteiger partial charge is 0.465 e. The van der Waals surface area contributed by atoms with Gasteiger partial charge in [-0.3, -0.25) is 19.5 Å². The van der Waals surface area contributed by atoms with Crippen molar-refractivity contribution in [3.63, 3.8) is 0 Å². The van der Waals surface area contributed by atoms with Crippen LogP contribution in [0.1, 0.15) is 10.4 Å². The Kier molecular flexibility index (Phi) is 3.96. The number of ether oxygens (including phenoxy) is 1. The van der Waals surface area contributed by atoms with Gasteiger partial charge in [-0.25, -0.2) is 4.79 Å². The first kappa shape index (κ1) is 17.5. The zero-order valence-corrected chi connectivity index (χ0v) is 15.1. The van der Waals surface area contributed by atoms with Crippen molar-refractivity contribution in [2.24, 2.45) is 7.05 Å². The molecule has 0 N–H and O–H groups in total. The number of methoxy groups -OCH3 is 1. The lowest BCUT2D eigenvalue weighted by Crippen LogP contribution is -2.26. The van der Waals surface area contributed by atoms with Crippen molar-refractivity contribution in [2.75, 3.05) is 7.11 Å². The quantitative estimate of drug-likeness (QED) is 0.310. The van der Waals surface area contributed by atoms with Crippen molar-refractivity contribution in [1.29, 1.82) is 0 Å². The highest BCUT2D eigenvalue weighted by atomic mass is 16.6. The summed E-state index contributed by atoms with van der Waals surface area (Å²) in [7, 11) is 3.06. The van der Waals surface area contributed by atoms with E-state index in [1.807, 2.05) is 35.9 Å². The molecule has 0 bridgehead atoms. The number of aryl methyl sites for hydroxylation is 1. The van der Waals surface area contributed by atoms with E-state index in [9.17, 15) is 19.7 Å². The van der Waals surface area contributed by atoms with Crippen molar-refractivity contribution in [2.45, 2.75) is 0 Å². The van der Waals surface area contributed by atoms with Gasteiger partial charge in [0, 0.05) is 30.3 Å². The Morgan fingerprint density at radius 2 is 1.75 bits per heavy atom. The van der Waals surface area contributed by atoms with Crippen molar-refractivity contribution in [1.82, 2.24) is 9.13 Å². The van der Waals surface area contributed by atoms with Gasteiger partial charge >= 0.3 is 5.97 Å². The van der Waals surface area contributed by atoms with E-state index in [1.165, 1.54) is 42.0 Å². The fourth-order valence-corrected chi connectivity index (χ4v) is 3.44. The van der Waals surface area contributed by atoms with E-state index in [4.69, 9.17) is 4.74 Å². The number of para-hydroxylation sites is 1. The molecule has 0 aliphatic heterocycles. The lowest BCUT2D eigenvalue weighted by atomic mass is 10.1. The zero-order valence-electron chi connectivity index (χ0n) is 15.1. The second-order valence-electron chi connectivity index (χ2n) is 6.27. The minimum atomic E-state index is -0.743. The van der Waals surface area contributed by atoms with E-state index < -0.39 is 16.5 Å². The number of pyridine rings is 1. The first-order chi connectivity index (χ1) is 13.4. The van der Waals surface area contributed by atoms with E-state index in [1.54, 1.807) is 0 Å². The predicted molar refractivity (Wildman–Crippen MR) is 104 cm³/mol. The van der Waals surface area contributed by atoms with Crippen LogP contribution in [0.2, 0.25) is 0 Å². The lowest BCUT2D eigenvalue weighted by Gasteiger charge is -2.11. The van der Waals surface area contributed by atoms with Gasteiger partial charge in [-0.2, -0.15) is 0 Å². The Morgan fingerprint density at radius 1 is 1.07 bits per heavy atom. The molecule has 8 nitrogen and oxygen atoms in total. The molecule has 8 heteroatoms. The zero-order chi connectivity index (χ0) is 20.0. The highest BCUT2D eigenvalue weighted by Crippen LogP contribution is 2.29. The van der Waals surface area contributed by atoms with Gasteiger partial charge in [0.15, 0.2) is 0 Å². The van der Waals surface area contributed by atoms with E-state index in [0.717, 1.165) is 10.9 Å². The molecule has 0 atom stereocenters. The van der Waals surface area contributed by atoms with Gasteiger partial charge < -0.3 is 9.30 Å². The molecule has 2 aromatic heterocycles. The minimum Gasteiger partial charge on any atom is -0.465 e. The number of nitro groups is 1. The second-order valence-corrected chi connectivity index (χ2v) is 6.27. The van der Waals surface area contributed by atoms with E-state index in [0.29, 0.717) is 16.7 Å². The number of hydrogen-bond acceptors (Lipinski definition) is 5. The van der Waals surface area contributed by atoms with Gasteiger partial charge in [0.2, 0.25) is 0 Å². The standard InChI is InChI=1S/C20H15N3O5/c1-21-16-6-4-3-5-14(16)18-17(21)11-15(20(25)28-2)19(24)22(18)12-7-9-13(10-8-12)23(26)27/h3-11H,1-2H3. The van der Waals surface area contributed by atoms with Crippen molar-refractivity contribution in [3.8, 4) is 5.69 Å². The molecule has 0 unspecified atom stereocenters. The normalized spacial score (nSPS) is 11.1. The van der Waals surface area contributed by atoms with E-state index in [2.05, 4.69) is 0 Å². The number of aromatic nitrogens is 2. The minimum absolute atomic E-state index is 0.0879. The Morgan fingerprint density at radius 3 is 2.39 bits per heavy atom. The summed E-state index contributed by atoms with van der Waals surface area (Å²) in [5.41, 5.74) is 1.83. The maximum Gasteiger partial charge on any atom is 0.343 e. The van der Waals surface area contributed by atoms with Crippen molar-refractivity contribution in [3.05, 3.63) is 80.6 Å². The number of rotatable bonds is 3. The average molecular weight is 377 g/mol. The van der Waals surface area contributed by atoms with Gasteiger partial charge in [0.25, 0.3) is 11.2 Å². The third-order valence-corrected chi connectivity index (χ3v) is 4.79.